The molecule has 1 aromatic rings. The lowest BCUT2D eigenvalue weighted by Gasteiger charge is -2.37. The first-order valence-corrected chi connectivity index (χ1v) is 7.43. The first kappa shape index (κ1) is 15.7. The van der Waals surface area contributed by atoms with Gasteiger partial charge in [0.1, 0.15) is 0 Å². The summed E-state index contributed by atoms with van der Waals surface area (Å²) in [6, 6.07) is 9.45. The molecular formula is C17H23NO3. The largest absolute Gasteiger partial charge is 0.396 e. The fraction of sp³-hybridized carbons (Fsp3) is 0.529. The minimum absolute atomic E-state index is 0.0382. The molecule has 2 rings (SSSR count). The van der Waals surface area contributed by atoms with E-state index in [9.17, 15) is 14.7 Å². The van der Waals surface area contributed by atoms with Gasteiger partial charge in [0.2, 0.25) is 11.8 Å². The third-order valence-corrected chi connectivity index (χ3v) is 4.79. The van der Waals surface area contributed by atoms with Crippen LogP contribution in [0.1, 0.15) is 45.6 Å². The highest BCUT2D eigenvalue weighted by Gasteiger charge is 2.54. The predicted molar refractivity (Wildman–Crippen MR) is 80.7 cm³/mol. The van der Waals surface area contributed by atoms with Gasteiger partial charge in [0.25, 0.3) is 0 Å². The molecule has 1 saturated heterocycles. The van der Waals surface area contributed by atoms with Crippen LogP contribution >= 0.6 is 0 Å². The summed E-state index contributed by atoms with van der Waals surface area (Å²) in [6.07, 6.45) is 1.23. The quantitative estimate of drug-likeness (QED) is 0.846. The summed E-state index contributed by atoms with van der Waals surface area (Å²) in [7, 11) is 0. The van der Waals surface area contributed by atoms with Gasteiger partial charge < -0.3 is 5.11 Å². The Morgan fingerprint density at radius 3 is 2.43 bits per heavy atom. The number of amides is 2. The van der Waals surface area contributed by atoms with Gasteiger partial charge in [0.15, 0.2) is 0 Å². The van der Waals surface area contributed by atoms with Crippen LogP contribution in [0, 0.1) is 0 Å². The van der Waals surface area contributed by atoms with Crippen LogP contribution in [0.25, 0.3) is 0 Å². The van der Waals surface area contributed by atoms with Crippen molar-refractivity contribution in [1.29, 1.82) is 0 Å². The van der Waals surface area contributed by atoms with E-state index in [1.54, 1.807) is 0 Å². The number of aliphatic hydroxyl groups is 1. The number of carbonyl (C=O) groups is 2. The molecular weight excluding hydrogens is 266 g/mol. The van der Waals surface area contributed by atoms with Crippen molar-refractivity contribution in [1.82, 2.24) is 4.90 Å². The van der Waals surface area contributed by atoms with E-state index in [0.717, 1.165) is 5.56 Å². The van der Waals surface area contributed by atoms with E-state index in [1.807, 2.05) is 51.1 Å². The first-order chi connectivity index (χ1) is 9.89. The normalized spacial score (nSPS) is 25.2. The maximum Gasteiger partial charge on any atom is 0.240 e. The minimum Gasteiger partial charge on any atom is -0.396 e. The Balaban J connectivity index is 2.41. The second-order valence-corrected chi connectivity index (χ2v) is 6.23. The molecule has 2 atom stereocenters. The maximum atomic E-state index is 12.9. The van der Waals surface area contributed by atoms with Gasteiger partial charge in [0.05, 0.1) is 5.41 Å². The van der Waals surface area contributed by atoms with Gasteiger partial charge in [-0.25, -0.2) is 0 Å². The minimum atomic E-state index is -0.801. The molecule has 1 N–H and O–H groups in total. The summed E-state index contributed by atoms with van der Waals surface area (Å²) in [5.41, 5.74) is -0.548. The third-order valence-electron chi connectivity index (χ3n) is 4.79. The summed E-state index contributed by atoms with van der Waals surface area (Å²) in [6.45, 7) is 5.60. The second-order valence-electron chi connectivity index (χ2n) is 6.23. The van der Waals surface area contributed by atoms with Gasteiger partial charge >= 0.3 is 0 Å². The van der Waals surface area contributed by atoms with Gasteiger partial charge in [-0.3, -0.25) is 14.5 Å². The predicted octanol–water partition coefficient (Wildman–Crippen LogP) is 2.25. The highest BCUT2D eigenvalue weighted by atomic mass is 16.3. The Morgan fingerprint density at radius 2 is 1.90 bits per heavy atom. The van der Waals surface area contributed by atoms with Crippen LogP contribution in [0.4, 0.5) is 0 Å². The molecule has 2 amide bonds. The molecule has 1 aliphatic rings. The third kappa shape index (κ3) is 2.48. The Morgan fingerprint density at radius 1 is 1.29 bits per heavy atom. The fourth-order valence-electron chi connectivity index (χ4n) is 3.08. The van der Waals surface area contributed by atoms with Crippen LogP contribution in [-0.4, -0.2) is 34.0 Å². The molecule has 4 heteroatoms. The van der Waals surface area contributed by atoms with E-state index in [2.05, 4.69) is 0 Å². The molecule has 1 heterocycles. The average Bonchev–Trinajstić information content (AvgIpc) is 2.71. The molecule has 0 bridgehead atoms. The number of likely N-dealkylation sites (tertiary alicyclic amines) is 1. The Bertz CT molecular complexity index is 542. The van der Waals surface area contributed by atoms with Crippen LogP contribution in [0.2, 0.25) is 0 Å². The van der Waals surface area contributed by atoms with Crippen LogP contribution in [0.5, 0.6) is 0 Å². The van der Waals surface area contributed by atoms with E-state index in [4.69, 9.17) is 0 Å². The number of rotatable bonds is 5. The smallest absolute Gasteiger partial charge is 0.240 e. The summed E-state index contributed by atoms with van der Waals surface area (Å²) in [5.74, 6) is -0.305. The standard InChI is InChI=1S/C17H23NO3/c1-4-16(2,10-11-19)18-14(20)12-17(3,15(18)21)13-8-6-5-7-9-13/h5-9,19H,4,10-12H2,1-3H3. The summed E-state index contributed by atoms with van der Waals surface area (Å²) >= 11 is 0. The van der Waals surface area contributed by atoms with E-state index < -0.39 is 11.0 Å². The van der Waals surface area contributed by atoms with Gasteiger partial charge in [0, 0.05) is 18.6 Å². The zero-order valence-corrected chi connectivity index (χ0v) is 12.9. The van der Waals surface area contributed by atoms with Crippen molar-refractivity contribution >= 4 is 11.8 Å². The monoisotopic (exact) mass is 289 g/mol. The SMILES string of the molecule is CCC(C)(CCO)N1C(=O)CC(C)(c2ccccc2)C1=O. The lowest BCUT2D eigenvalue weighted by atomic mass is 9.80. The highest BCUT2D eigenvalue weighted by Crippen LogP contribution is 2.41. The van der Waals surface area contributed by atoms with Crippen LogP contribution in [0.3, 0.4) is 0 Å². The van der Waals surface area contributed by atoms with Crippen LogP contribution < -0.4 is 0 Å². The number of hydrogen-bond donors (Lipinski definition) is 1. The van der Waals surface area contributed by atoms with E-state index in [0.29, 0.717) is 12.8 Å². The Labute approximate surface area is 125 Å². The number of carbonyl (C=O) groups excluding carboxylic acids is 2. The number of aliphatic hydroxyl groups excluding tert-OH is 1. The van der Waals surface area contributed by atoms with Crippen LogP contribution in [-0.2, 0) is 15.0 Å². The molecule has 2 unspecified atom stereocenters. The molecule has 1 aliphatic heterocycles. The van der Waals surface area contributed by atoms with E-state index in [-0.39, 0.29) is 24.8 Å². The molecule has 1 aromatic carbocycles. The van der Waals surface area contributed by atoms with Gasteiger partial charge in [-0.05, 0) is 32.3 Å². The van der Waals surface area contributed by atoms with Crippen molar-refractivity contribution in [2.24, 2.45) is 0 Å². The molecule has 1 fully saturated rings. The van der Waals surface area contributed by atoms with Crippen molar-refractivity contribution < 1.29 is 14.7 Å². The Kier molecular flexibility index (Phi) is 4.19. The summed E-state index contributed by atoms with van der Waals surface area (Å²) < 4.78 is 0. The summed E-state index contributed by atoms with van der Waals surface area (Å²) in [5, 5.41) is 9.26. The number of hydrogen-bond acceptors (Lipinski definition) is 3. The number of imide groups is 1. The average molecular weight is 289 g/mol. The van der Waals surface area contributed by atoms with E-state index in [1.165, 1.54) is 4.90 Å². The lowest BCUT2D eigenvalue weighted by Crippen LogP contribution is -2.51. The number of nitrogens with zero attached hydrogens (tertiary/aromatic N) is 1. The molecule has 114 valence electrons. The molecule has 0 aliphatic carbocycles. The maximum absolute atomic E-state index is 12.9. The zero-order chi connectivity index (χ0) is 15.7. The zero-order valence-electron chi connectivity index (χ0n) is 12.9. The lowest BCUT2D eigenvalue weighted by molar-refractivity contribution is -0.147. The molecule has 21 heavy (non-hydrogen) atoms. The van der Waals surface area contributed by atoms with Crippen molar-refractivity contribution in [3.63, 3.8) is 0 Å². The second kappa shape index (κ2) is 5.60. The van der Waals surface area contributed by atoms with Crippen molar-refractivity contribution in [3.8, 4) is 0 Å². The molecule has 0 saturated carbocycles. The fourth-order valence-corrected chi connectivity index (χ4v) is 3.08. The van der Waals surface area contributed by atoms with Gasteiger partial charge in [-0.15, -0.1) is 0 Å². The summed E-state index contributed by atoms with van der Waals surface area (Å²) in [4.78, 5) is 26.8. The Hall–Kier alpha value is -1.68. The van der Waals surface area contributed by atoms with E-state index >= 15 is 0 Å². The van der Waals surface area contributed by atoms with Crippen LogP contribution in [0.15, 0.2) is 30.3 Å². The molecule has 0 radical (unpaired) electrons. The first-order valence-electron chi connectivity index (χ1n) is 7.43. The van der Waals surface area contributed by atoms with Crippen molar-refractivity contribution in [3.05, 3.63) is 35.9 Å². The van der Waals surface area contributed by atoms with Crippen molar-refractivity contribution in [2.75, 3.05) is 6.61 Å². The van der Waals surface area contributed by atoms with Gasteiger partial charge in [-0.2, -0.15) is 0 Å². The molecule has 0 spiro atoms. The molecule has 0 aromatic heterocycles. The van der Waals surface area contributed by atoms with Crippen molar-refractivity contribution in [2.45, 2.75) is 51.0 Å². The van der Waals surface area contributed by atoms with Gasteiger partial charge in [-0.1, -0.05) is 37.3 Å². The molecule has 4 nitrogen and oxygen atoms in total. The highest BCUT2D eigenvalue weighted by molar-refractivity contribution is 6.09. The topological polar surface area (TPSA) is 57.6 Å². The number of benzene rings is 1.